The second kappa shape index (κ2) is 7.51. The van der Waals surface area contributed by atoms with E-state index in [2.05, 4.69) is 30.5 Å². The number of nitrogens with one attached hydrogen (secondary N) is 3. The molecule has 170 valence electrons. The molecule has 5 N–H and O–H groups in total. The Kier molecular flexibility index (Phi) is 4.58. The van der Waals surface area contributed by atoms with Crippen molar-refractivity contribution in [2.24, 2.45) is 11.7 Å². The topological polar surface area (TPSA) is 121 Å². The van der Waals surface area contributed by atoms with Crippen LogP contribution in [0.25, 0.3) is 21.9 Å². The van der Waals surface area contributed by atoms with Crippen molar-refractivity contribution in [3.63, 3.8) is 0 Å². The fourth-order valence-electron chi connectivity index (χ4n) is 5.27. The lowest BCUT2D eigenvalue weighted by molar-refractivity contribution is 0.471. The van der Waals surface area contributed by atoms with Crippen LogP contribution in [0, 0.1) is 18.7 Å². The van der Waals surface area contributed by atoms with Gasteiger partial charge >= 0.3 is 0 Å². The summed E-state index contributed by atoms with van der Waals surface area (Å²) < 4.78 is 14.5. The quantitative estimate of drug-likeness (QED) is 0.369. The highest BCUT2D eigenvalue weighted by Gasteiger charge is 2.44. The molecule has 9 nitrogen and oxygen atoms in total. The number of hydrogen-bond donors (Lipinski definition) is 4. The molecule has 2 fully saturated rings. The zero-order valence-electron chi connectivity index (χ0n) is 18.6. The number of halogens is 1. The number of aryl methyl sites for hydroxylation is 1. The molecular weight excluding hydrogens is 421 g/mol. The third-order valence-corrected chi connectivity index (χ3v) is 6.93. The van der Waals surface area contributed by atoms with Gasteiger partial charge in [-0.1, -0.05) is 0 Å². The van der Waals surface area contributed by atoms with Crippen LogP contribution in [0.2, 0.25) is 0 Å². The smallest absolute Gasteiger partial charge is 0.226 e. The van der Waals surface area contributed by atoms with Crippen LogP contribution in [0.3, 0.4) is 0 Å². The molecule has 2 bridgehead atoms. The lowest BCUT2D eigenvalue weighted by atomic mass is 10.0. The first-order valence-electron chi connectivity index (χ1n) is 11.2. The highest BCUT2D eigenvalue weighted by molar-refractivity contribution is 6.14. The SMILES string of the molecule is CNc1cc(F)cc2c1[nH]c1nc(NCc3cnc(C)nc3)nc(N3C[C@H]4C[C@@H]3C[C@H]4N)c12. The van der Waals surface area contributed by atoms with Crippen LogP contribution >= 0.6 is 0 Å². The summed E-state index contributed by atoms with van der Waals surface area (Å²) in [7, 11) is 1.78. The van der Waals surface area contributed by atoms with Crippen LogP contribution in [0.15, 0.2) is 24.5 Å². The summed E-state index contributed by atoms with van der Waals surface area (Å²) >= 11 is 0. The number of nitrogens with zero attached hydrogens (tertiary/aromatic N) is 5. The molecule has 10 heteroatoms. The zero-order chi connectivity index (χ0) is 22.7. The number of aromatic amines is 1. The molecular formula is C23H26FN9. The first-order chi connectivity index (χ1) is 16.0. The number of benzene rings is 1. The average Bonchev–Trinajstić information content (AvgIpc) is 3.49. The Balaban J connectivity index is 1.47. The van der Waals surface area contributed by atoms with Crippen molar-refractivity contribution in [2.45, 2.75) is 38.4 Å². The second-order valence-electron chi connectivity index (χ2n) is 9.04. The monoisotopic (exact) mass is 447 g/mol. The predicted molar refractivity (Wildman–Crippen MR) is 127 cm³/mol. The van der Waals surface area contributed by atoms with Gasteiger partial charge in [0.25, 0.3) is 0 Å². The van der Waals surface area contributed by atoms with Gasteiger partial charge in [-0.05, 0) is 37.8 Å². The van der Waals surface area contributed by atoms with Crippen LogP contribution in [0.4, 0.5) is 21.8 Å². The van der Waals surface area contributed by atoms with Crippen molar-refractivity contribution in [3.8, 4) is 0 Å². The molecule has 1 aromatic carbocycles. The van der Waals surface area contributed by atoms with Crippen molar-refractivity contribution < 1.29 is 4.39 Å². The van der Waals surface area contributed by atoms with Gasteiger partial charge in [0.05, 0.1) is 16.6 Å². The molecule has 1 aliphatic carbocycles. The molecule has 6 rings (SSSR count). The van der Waals surface area contributed by atoms with Crippen LogP contribution in [0.5, 0.6) is 0 Å². The maximum Gasteiger partial charge on any atom is 0.226 e. The van der Waals surface area contributed by atoms with Crippen LogP contribution in [-0.2, 0) is 6.54 Å². The number of nitrogens with two attached hydrogens (primary N) is 1. The summed E-state index contributed by atoms with van der Waals surface area (Å²) in [5, 5.41) is 8.00. The zero-order valence-corrected chi connectivity index (χ0v) is 18.6. The molecule has 1 saturated heterocycles. The largest absolute Gasteiger partial charge is 0.386 e. The molecule has 0 unspecified atom stereocenters. The normalized spacial score (nSPS) is 21.9. The summed E-state index contributed by atoms with van der Waals surface area (Å²) in [6.07, 6.45) is 5.59. The molecule has 0 amide bonds. The van der Waals surface area contributed by atoms with Crippen molar-refractivity contribution in [1.82, 2.24) is 24.9 Å². The highest BCUT2D eigenvalue weighted by atomic mass is 19.1. The van der Waals surface area contributed by atoms with E-state index in [1.165, 1.54) is 6.07 Å². The molecule has 4 heterocycles. The summed E-state index contributed by atoms with van der Waals surface area (Å²) in [5.74, 6) is 2.21. The number of fused-ring (bicyclic) bond motifs is 5. The van der Waals surface area contributed by atoms with Gasteiger partial charge in [0.2, 0.25) is 5.95 Å². The maximum absolute atomic E-state index is 14.5. The number of anilines is 3. The molecule has 3 atom stereocenters. The Morgan fingerprint density at radius 3 is 2.73 bits per heavy atom. The van der Waals surface area contributed by atoms with Gasteiger partial charge in [-0.15, -0.1) is 0 Å². The van der Waals surface area contributed by atoms with Gasteiger partial charge in [0.15, 0.2) is 0 Å². The van der Waals surface area contributed by atoms with Gasteiger partial charge in [0.1, 0.15) is 23.1 Å². The minimum atomic E-state index is -0.301. The van der Waals surface area contributed by atoms with Crippen molar-refractivity contribution >= 4 is 39.4 Å². The molecule has 33 heavy (non-hydrogen) atoms. The van der Waals surface area contributed by atoms with Gasteiger partial charge in [-0.2, -0.15) is 9.97 Å². The van der Waals surface area contributed by atoms with E-state index >= 15 is 0 Å². The van der Waals surface area contributed by atoms with Gasteiger partial charge in [-0.25, -0.2) is 14.4 Å². The number of hydrogen-bond acceptors (Lipinski definition) is 8. The van der Waals surface area contributed by atoms with Crippen LogP contribution < -0.4 is 21.3 Å². The van der Waals surface area contributed by atoms with Crippen molar-refractivity contribution in [2.75, 3.05) is 29.1 Å². The summed E-state index contributed by atoms with van der Waals surface area (Å²) in [6, 6.07) is 3.61. The average molecular weight is 448 g/mol. The fraction of sp³-hybridized carbons (Fsp3) is 0.391. The molecule has 4 aromatic rings. The fourth-order valence-corrected chi connectivity index (χ4v) is 5.27. The van der Waals surface area contributed by atoms with E-state index in [9.17, 15) is 4.39 Å². The third kappa shape index (κ3) is 3.32. The Hall–Kier alpha value is -3.53. The number of aromatic nitrogens is 5. The minimum Gasteiger partial charge on any atom is -0.386 e. The standard InChI is InChI=1S/C23H26FN9/c1-11-27-7-12(8-28-11)9-29-23-31-21-19(16-4-14(24)5-18(26-2)20(16)30-21)22(32-23)33-10-13-3-15(33)6-17(13)25/h4-5,7-8,13,15,17,26H,3,6,9-10,25H2,1-2H3,(H2,29,30,31,32)/t13-,15-,17-/m1/s1. The van der Waals surface area contributed by atoms with Crippen molar-refractivity contribution in [1.29, 1.82) is 0 Å². The summed E-state index contributed by atoms with van der Waals surface area (Å²) in [6.45, 7) is 3.21. The van der Waals surface area contributed by atoms with E-state index in [1.54, 1.807) is 25.5 Å². The molecule has 1 saturated carbocycles. The lowest BCUT2D eigenvalue weighted by Crippen LogP contribution is -2.41. The third-order valence-electron chi connectivity index (χ3n) is 6.93. The lowest BCUT2D eigenvalue weighted by Gasteiger charge is -2.31. The van der Waals surface area contributed by atoms with E-state index in [0.717, 1.165) is 52.9 Å². The summed E-state index contributed by atoms with van der Waals surface area (Å²) in [4.78, 5) is 23.9. The first-order valence-corrected chi connectivity index (χ1v) is 11.2. The van der Waals surface area contributed by atoms with Crippen LogP contribution in [-0.4, -0.2) is 50.6 Å². The predicted octanol–water partition coefficient (Wildman–Crippen LogP) is 2.93. The Bertz CT molecular complexity index is 1350. The second-order valence-corrected chi connectivity index (χ2v) is 9.04. The molecule has 1 aliphatic heterocycles. The van der Waals surface area contributed by atoms with E-state index in [-0.39, 0.29) is 11.9 Å². The van der Waals surface area contributed by atoms with E-state index < -0.39 is 0 Å². The Labute approximate surface area is 190 Å². The number of rotatable bonds is 5. The van der Waals surface area contributed by atoms with E-state index in [1.807, 2.05) is 6.92 Å². The van der Waals surface area contributed by atoms with Gasteiger partial charge in [-0.3, -0.25) is 0 Å². The van der Waals surface area contributed by atoms with Crippen LogP contribution in [0.1, 0.15) is 24.2 Å². The van der Waals surface area contributed by atoms with Gasteiger partial charge in [0, 0.05) is 55.6 Å². The Morgan fingerprint density at radius 1 is 1.21 bits per heavy atom. The molecule has 0 spiro atoms. The minimum absolute atomic E-state index is 0.235. The molecule has 2 aliphatic rings. The molecule has 3 aromatic heterocycles. The number of piperidine rings is 1. The maximum atomic E-state index is 14.5. The number of H-pyrrole nitrogens is 1. The van der Waals surface area contributed by atoms with Gasteiger partial charge < -0.3 is 26.3 Å². The Morgan fingerprint density at radius 2 is 2.03 bits per heavy atom. The van der Waals surface area contributed by atoms with E-state index in [0.29, 0.717) is 35.8 Å². The highest BCUT2D eigenvalue weighted by Crippen LogP contribution is 2.43. The summed E-state index contributed by atoms with van der Waals surface area (Å²) in [5.41, 5.74) is 9.42. The van der Waals surface area contributed by atoms with E-state index in [4.69, 9.17) is 15.7 Å². The molecule has 0 radical (unpaired) electrons. The first kappa shape index (κ1) is 20.1. The van der Waals surface area contributed by atoms with Crippen molar-refractivity contribution in [3.05, 3.63) is 41.7 Å².